The zero-order valence-corrected chi connectivity index (χ0v) is 17.7. The maximum atomic E-state index is 14.6. The average molecular weight is 448 g/mol. The number of ether oxygens (including phenoxy) is 1. The Kier molecular flexibility index (Phi) is 6.09. The number of pyridine rings is 1. The topological polar surface area (TPSA) is 126 Å². The van der Waals surface area contributed by atoms with Crippen molar-refractivity contribution in [3.05, 3.63) is 40.6 Å². The zero-order chi connectivity index (χ0) is 22.9. The van der Waals surface area contributed by atoms with Crippen molar-refractivity contribution in [3.63, 3.8) is 0 Å². The number of aromatic nitrogens is 3. The summed E-state index contributed by atoms with van der Waals surface area (Å²) in [7, 11) is 0. The number of nitrogens with two attached hydrogens (primary N) is 1. The summed E-state index contributed by atoms with van der Waals surface area (Å²) in [6, 6.07) is 2.70. The van der Waals surface area contributed by atoms with E-state index >= 15 is 0 Å². The van der Waals surface area contributed by atoms with Gasteiger partial charge in [0.2, 0.25) is 5.91 Å². The fraction of sp³-hybridized carbons (Fsp3) is 0.524. The van der Waals surface area contributed by atoms with Gasteiger partial charge in [-0.2, -0.15) is 0 Å². The van der Waals surface area contributed by atoms with E-state index < -0.39 is 29.9 Å². The van der Waals surface area contributed by atoms with Gasteiger partial charge in [0.05, 0.1) is 30.5 Å². The molecule has 2 atom stereocenters. The van der Waals surface area contributed by atoms with E-state index in [9.17, 15) is 18.4 Å². The van der Waals surface area contributed by atoms with E-state index in [0.29, 0.717) is 24.1 Å². The van der Waals surface area contributed by atoms with E-state index in [2.05, 4.69) is 20.3 Å². The van der Waals surface area contributed by atoms with Crippen LogP contribution in [0.2, 0.25) is 0 Å². The number of aromatic amines is 1. The van der Waals surface area contributed by atoms with Crippen LogP contribution in [0.1, 0.15) is 37.8 Å². The fourth-order valence-corrected chi connectivity index (χ4v) is 3.64. The predicted molar refractivity (Wildman–Crippen MR) is 114 cm³/mol. The summed E-state index contributed by atoms with van der Waals surface area (Å²) in [5.74, 6) is -3.45. The van der Waals surface area contributed by atoms with Gasteiger partial charge in [-0.3, -0.25) is 14.5 Å². The van der Waals surface area contributed by atoms with Crippen LogP contribution in [0.5, 0.6) is 5.75 Å². The quantitative estimate of drug-likeness (QED) is 0.591. The van der Waals surface area contributed by atoms with Crippen molar-refractivity contribution in [2.24, 2.45) is 5.92 Å². The highest BCUT2D eigenvalue weighted by atomic mass is 19.3. The Morgan fingerprint density at radius 2 is 2.22 bits per heavy atom. The van der Waals surface area contributed by atoms with Gasteiger partial charge in [-0.05, 0) is 37.8 Å². The molecule has 0 aromatic carbocycles. The smallest absolute Gasteiger partial charge is 0.290 e. The number of hydrogen-bond donors (Lipinski definition) is 3. The van der Waals surface area contributed by atoms with E-state index in [1.807, 2.05) is 0 Å². The van der Waals surface area contributed by atoms with Crippen LogP contribution in [-0.4, -0.2) is 57.4 Å². The number of amides is 1. The van der Waals surface area contributed by atoms with Crippen LogP contribution in [0.3, 0.4) is 0 Å². The maximum Gasteiger partial charge on any atom is 0.290 e. The Balaban J connectivity index is 1.39. The van der Waals surface area contributed by atoms with Crippen molar-refractivity contribution >= 4 is 17.5 Å². The Hall–Kier alpha value is -3.08. The van der Waals surface area contributed by atoms with Gasteiger partial charge in [-0.25, -0.2) is 18.7 Å². The Bertz CT molecular complexity index is 1020. The molecule has 3 heterocycles. The number of rotatable bonds is 7. The normalized spacial score (nSPS) is 21.7. The van der Waals surface area contributed by atoms with E-state index in [-0.39, 0.29) is 30.5 Å². The first-order valence-electron chi connectivity index (χ1n) is 10.6. The molecule has 172 valence electrons. The van der Waals surface area contributed by atoms with Gasteiger partial charge in [0.25, 0.3) is 11.5 Å². The minimum atomic E-state index is -3.04. The van der Waals surface area contributed by atoms with Gasteiger partial charge in [0, 0.05) is 25.7 Å². The van der Waals surface area contributed by atoms with E-state index in [1.165, 1.54) is 12.8 Å². The lowest BCUT2D eigenvalue weighted by atomic mass is 9.90. The summed E-state index contributed by atoms with van der Waals surface area (Å²) in [5, 5.41) is 2.72. The number of likely N-dealkylation sites (tertiary alicyclic amines) is 1. The molecule has 2 aliphatic rings. The molecule has 11 heteroatoms. The Morgan fingerprint density at radius 3 is 2.88 bits per heavy atom. The molecule has 1 amide bonds. The molecule has 1 aliphatic carbocycles. The summed E-state index contributed by atoms with van der Waals surface area (Å²) in [6.07, 6.45) is 4.64. The highest BCUT2D eigenvalue weighted by Gasteiger charge is 2.47. The molecule has 0 spiro atoms. The lowest BCUT2D eigenvalue weighted by molar-refractivity contribution is -0.125. The van der Waals surface area contributed by atoms with Gasteiger partial charge in [0.1, 0.15) is 11.6 Å². The van der Waals surface area contributed by atoms with Crippen LogP contribution in [0.25, 0.3) is 0 Å². The second-order valence-electron chi connectivity index (χ2n) is 8.40. The minimum absolute atomic E-state index is 0.00661. The van der Waals surface area contributed by atoms with Crippen LogP contribution >= 0.6 is 0 Å². The molecule has 0 bridgehead atoms. The van der Waals surface area contributed by atoms with Crippen molar-refractivity contribution in [3.8, 4) is 5.75 Å². The van der Waals surface area contributed by atoms with Crippen LogP contribution in [0.4, 0.5) is 20.4 Å². The number of H-pyrrole nitrogens is 1. The van der Waals surface area contributed by atoms with Crippen molar-refractivity contribution in [2.45, 2.75) is 44.1 Å². The molecular weight excluding hydrogens is 422 g/mol. The number of nitrogen functional groups attached to an aromatic ring is 1. The third-order valence-corrected chi connectivity index (χ3v) is 5.95. The Labute approximate surface area is 183 Å². The third kappa shape index (κ3) is 5.04. The number of anilines is 2. The molecule has 2 aromatic heterocycles. The molecule has 9 nitrogen and oxygen atoms in total. The van der Waals surface area contributed by atoms with Crippen LogP contribution < -0.4 is 21.3 Å². The molecule has 1 aliphatic heterocycles. The highest BCUT2D eigenvalue weighted by Crippen LogP contribution is 2.40. The monoisotopic (exact) mass is 448 g/mol. The highest BCUT2D eigenvalue weighted by molar-refractivity contribution is 5.93. The SMILES string of the molecule is C[C@@H](C(=O)Nc1ccc(OCC2CC2)cn1)N1CCC(F)(F)[C@@H](c2c[nH]c(=O)c(N)n2)C1. The first kappa shape index (κ1) is 22.1. The van der Waals surface area contributed by atoms with E-state index in [0.717, 1.165) is 6.20 Å². The number of carbonyl (C=O) groups is 1. The standard InChI is InChI=1S/C21H26F2N6O3/c1-12(19(30)28-17-5-4-14(8-25-17)32-11-13-2-3-13)29-7-6-21(22,23)15(10-29)16-9-26-20(31)18(24)27-16/h4-5,8-9,12-13,15H,2-3,6-7,10-11H2,1H3,(H2,24,27)(H,26,31)(H,25,28,30)/t12-,15+/m0/s1. The number of alkyl halides is 2. The molecule has 32 heavy (non-hydrogen) atoms. The molecule has 2 aromatic rings. The van der Waals surface area contributed by atoms with Crippen molar-refractivity contribution in [2.75, 3.05) is 30.7 Å². The Morgan fingerprint density at radius 1 is 1.44 bits per heavy atom. The second-order valence-corrected chi connectivity index (χ2v) is 8.40. The zero-order valence-electron chi connectivity index (χ0n) is 17.7. The van der Waals surface area contributed by atoms with E-state index in [4.69, 9.17) is 10.5 Å². The lowest BCUT2D eigenvalue weighted by Crippen LogP contribution is -2.52. The van der Waals surface area contributed by atoms with Gasteiger partial charge < -0.3 is 20.8 Å². The molecule has 0 radical (unpaired) electrons. The molecule has 2 fully saturated rings. The predicted octanol–water partition coefficient (Wildman–Crippen LogP) is 1.99. The number of hydrogen-bond acceptors (Lipinski definition) is 7. The average Bonchev–Trinajstić information content (AvgIpc) is 3.59. The number of carbonyl (C=O) groups excluding carboxylic acids is 1. The first-order valence-corrected chi connectivity index (χ1v) is 10.6. The number of halogens is 2. The number of nitrogens with one attached hydrogen (secondary N) is 2. The van der Waals surface area contributed by atoms with Gasteiger partial charge in [-0.15, -0.1) is 0 Å². The summed E-state index contributed by atoms with van der Waals surface area (Å²) in [4.78, 5) is 36.2. The van der Waals surface area contributed by atoms with Gasteiger partial charge in [-0.1, -0.05) is 0 Å². The number of piperidine rings is 1. The third-order valence-electron chi connectivity index (χ3n) is 5.95. The molecule has 1 saturated carbocycles. The molecule has 0 unspecified atom stereocenters. The first-order chi connectivity index (χ1) is 15.2. The summed E-state index contributed by atoms with van der Waals surface area (Å²) in [6.45, 7) is 2.25. The molecule has 1 saturated heterocycles. The van der Waals surface area contributed by atoms with Crippen molar-refractivity contribution in [1.82, 2.24) is 19.9 Å². The summed E-state index contributed by atoms with van der Waals surface area (Å²) < 4.78 is 34.8. The van der Waals surface area contributed by atoms with Gasteiger partial charge in [0.15, 0.2) is 5.82 Å². The number of nitrogens with zero attached hydrogens (tertiary/aromatic N) is 3. The van der Waals surface area contributed by atoms with Gasteiger partial charge >= 0.3 is 0 Å². The molecule has 4 rings (SSSR count). The van der Waals surface area contributed by atoms with Crippen LogP contribution in [-0.2, 0) is 4.79 Å². The molecule has 4 N–H and O–H groups in total. The van der Waals surface area contributed by atoms with E-state index in [1.54, 1.807) is 30.2 Å². The summed E-state index contributed by atoms with van der Waals surface area (Å²) >= 11 is 0. The maximum absolute atomic E-state index is 14.6. The summed E-state index contributed by atoms with van der Waals surface area (Å²) in [5.41, 5.74) is 4.86. The fourth-order valence-electron chi connectivity index (χ4n) is 3.64. The minimum Gasteiger partial charge on any atom is -0.492 e. The lowest BCUT2D eigenvalue weighted by Gasteiger charge is -2.40. The van der Waals surface area contributed by atoms with Crippen molar-refractivity contribution in [1.29, 1.82) is 0 Å². The second kappa shape index (κ2) is 8.81. The van der Waals surface area contributed by atoms with Crippen LogP contribution in [0.15, 0.2) is 29.3 Å². The van der Waals surface area contributed by atoms with Crippen molar-refractivity contribution < 1.29 is 18.3 Å². The largest absolute Gasteiger partial charge is 0.492 e. The van der Waals surface area contributed by atoms with Crippen LogP contribution in [0, 0.1) is 5.92 Å². The molecular formula is C21H26F2N6O3.